The smallest absolute Gasteiger partial charge is 0.269 e. The van der Waals surface area contributed by atoms with Gasteiger partial charge in [-0.3, -0.25) is 4.79 Å². The average Bonchev–Trinajstić information content (AvgIpc) is 2.15. The van der Waals surface area contributed by atoms with Gasteiger partial charge in [-0.1, -0.05) is 6.92 Å². The lowest BCUT2D eigenvalue weighted by atomic mass is 10.3. The quantitative estimate of drug-likeness (QED) is 0.721. The van der Waals surface area contributed by atoms with Crippen molar-refractivity contribution >= 4 is 11.6 Å². The fourth-order valence-electron chi connectivity index (χ4n) is 0.869. The molecule has 70 valence electrons. The lowest BCUT2D eigenvalue weighted by Crippen LogP contribution is -2.24. The summed E-state index contributed by atoms with van der Waals surface area (Å²) in [7, 11) is 0. The number of aromatic nitrogens is 1. The molecular formula is C9H13N3O. The number of hydrogen-bond donors (Lipinski definition) is 2. The third-order valence-corrected chi connectivity index (χ3v) is 1.55. The third-order valence-electron chi connectivity index (χ3n) is 1.55. The van der Waals surface area contributed by atoms with E-state index in [4.69, 9.17) is 5.73 Å². The number of nitrogens with one attached hydrogen (secondary N) is 1. The Morgan fingerprint density at radius 2 is 2.38 bits per heavy atom. The van der Waals surface area contributed by atoms with Crippen LogP contribution in [-0.4, -0.2) is 17.4 Å². The number of carbonyl (C=O) groups excluding carboxylic acids is 1. The number of amides is 1. The van der Waals surface area contributed by atoms with Crippen LogP contribution >= 0.6 is 0 Å². The number of nitrogens with two attached hydrogens (primary N) is 1. The number of carbonyl (C=O) groups is 1. The molecule has 0 aliphatic rings. The number of rotatable bonds is 3. The fourth-order valence-corrected chi connectivity index (χ4v) is 0.869. The molecule has 0 radical (unpaired) electrons. The molecule has 13 heavy (non-hydrogen) atoms. The summed E-state index contributed by atoms with van der Waals surface area (Å²) in [6, 6.07) is 3.27. The summed E-state index contributed by atoms with van der Waals surface area (Å²) >= 11 is 0. The van der Waals surface area contributed by atoms with Gasteiger partial charge >= 0.3 is 0 Å². The third kappa shape index (κ3) is 2.74. The molecule has 1 amide bonds. The Balaban J connectivity index is 2.61. The van der Waals surface area contributed by atoms with Crippen molar-refractivity contribution in [3.63, 3.8) is 0 Å². The highest BCUT2D eigenvalue weighted by Crippen LogP contribution is 2.00. The molecule has 0 aliphatic heterocycles. The van der Waals surface area contributed by atoms with Gasteiger partial charge in [-0.25, -0.2) is 4.98 Å². The monoisotopic (exact) mass is 179 g/mol. The van der Waals surface area contributed by atoms with Crippen molar-refractivity contribution in [2.24, 2.45) is 0 Å². The zero-order chi connectivity index (χ0) is 9.68. The lowest BCUT2D eigenvalue weighted by Gasteiger charge is -2.01. The van der Waals surface area contributed by atoms with Crippen LogP contribution in [0, 0.1) is 0 Å². The van der Waals surface area contributed by atoms with Crippen molar-refractivity contribution in [2.75, 3.05) is 12.3 Å². The summed E-state index contributed by atoms with van der Waals surface area (Å²) in [5, 5.41) is 2.73. The molecule has 1 rings (SSSR count). The summed E-state index contributed by atoms with van der Waals surface area (Å²) < 4.78 is 0. The Kier molecular flexibility index (Phi) is 3.25. The van der Waals surface area contributed by atoms with Crippen LogP contribution in [0.15, 0.2) is 18.3 Å². The highest BCUT2D eigenvalue weighted by atomic mass is 16.1. The number of nitrogens with zero attached hydrogens (tertiary/aromatic N) is 1. The molecule has 1 heterocycles. The Hall–Kier alpha value is -1.58. The highest BCUT2D eigenvalue weighted by Gasteiger charge is 2.04. The summed E-state index contributed by atoms with van der Waals surface area (Å²) in [5.41, 5.74) is 6.40. The molecule has 0 fully saturated rings. The van der Waals surface area contributed by atoms with Gasteiger partial charge in [0.15, 0.2) is 0 Å². The van der Waals surface area contributed by atoms with E-state index < -0.39 is 0 Å². The first-order chi connectivity index (χ1) is 6.24. The summed E-state index contributed by atoms with van der Waals surface area (Å²) in [6.45, 7) is 2.67. The minimum atomic E-state index is -0.151. The van der Waals surface area contributed by atoms with Crippen molar-refractivity contribution in [3.8, 4) is 0 Å². The molecular weight excluding hydrogens is 166 g/mol. The van der Waals surface area contributed by atoms with E-state index in [0.29, 0.717) is 17.9 Å². The first-order valence-corrected chi connectivity index (χ1v) is 4.23. The van der Waals surface area contributed by atoms with Gasteiger partial charge in [-0.2, -0.15) is 0 Å². The van der Waals surface area contributed by atoms with E-state index in [1.165, 1.54) is 6.20 Å². The lowest BCUT2D eigenvalue weighted by molar-refractivity contribution is 0.0949. The fraction of sp³-hybridized carbons (Fsp3) is 0.333. The predicted molar refractivity (Wildman–Crippen MR) is 51.3 cm³/mol. The van der Waals surface area contributed by atoms with Crippen LogP contribution < -0.4 is 11.1 Å². The highest BCUT2D eigenvalue weighted by molar-refractivity contribution is 5.92. The van der Waals surface area contributed by atoms with Crippen molar-refractivity contribution < 1.29 is 4.79 Å². The molecule has 0 aromatic carbocycles. The predicted octanol–water partition coefficient (Wildman–Crippen LogP) is 0.804. The minimum Gasteiger partial charge on any atom is -0.397 e. The molecule has 4 nitrogen and oxygen atoms in total. The molecule has 0 saturated carbocycles. The second-order valence-electron chi connectivity index (χ2n) is 2.73. The normalized spacial score (nSPS) is 9.62. The van der Waals surface area contributed by atoms with E-state index >= 15 is 0 Å². The molecule has 4 heteroatoms. The largest absolute Gasteiger partial charge is 0.397 e. The van der Waals surface area contributed by atoms with Gasteiger partial charge < -0.3 is 11.1 Å². The van der Waals surface area contributed by atoms with Gasteiger partial charge in [0.05, 0.1) is 11.9 Å². The van der Waals surface area contributed by atoms with Crippen molar-refractivity contribution in [1.82, 2.24) is 10.3 Å². The van der Waals surface area contributed by atoms with Gasteiger partial charge in [-0.05, 0) is 18.6 Å². The van der Waals surface area contributed by atoms with E-state index in [0.717, 1.165) is 6.42 Å². The average molecular weight is 179 g/mol. The van der Waals surface area contributed by atoms with E-state index in [1.54, 1.807) is 12.1 Å². The topological polar surface area (TPSA) is 68.0 Å². The second-order valence-corrected chi connectivity index (χ2v) is 2.73. The van der Waals surface area contributed by atoms with Gasteiger partial charge in [0, 0.05) is 6.54 Å². The Morgan fingerprint density at radius 3 is 2.92 bits per heavy atom. The zero-order valence-electron chi connectivity index (χ0n) is 7.58. The standard InChI is InChI=1S/C9H13N3O/c1-2-5-11-9(13)8-4-3-7(10)6-12-8/h3-4,6H,2,5,10H2,1H3,(H,11,13). The van der Waals surface area contributed by atoms with Gasteiger partial charge in [0.2, 0.25) is 0 Å². The number of nitrogen functional groups attached to an aromatic ring is 1. The van der Waals surface area contributed by atoms with E-state index in [2.05, 4.69) is 10.3 Å². The van der Waals surface area contributed by atoms with Gasteiger partial charge in [-0.15, -0.1) is 0 Å². The maximum Gasteiger partial charge on any atom is 0.269 e. The van der Waals surface area contributed by atoms with Gasteiger partial charge in [0.1, 0.15) is 5.69 Å². The van der Waals surface area contributed by atoms with Crippen LogP contribution in [0.1, 0.15) is 23.8 Å². The first kappa shape index (κ1) is 9.51. The maximum absolute atomic E-state index is 11.3. The number of pyridine rings is 1. The molecule has 0 atom stereocenters. The van der Waals surface area contributed by atoms with Crippen LogP contribution in [0.5, 0.6) is 0 Å². The Bertz CT molecular complexity index is 281. The van der Waals surface area contributed by atoms with E-state index in [-0.39, 0.29) is 5.91 Å². The van der Waals surface area contributed by atoms with Crippen LogP contribution in [0.25, 0.3) is 0 Å². The summed E-state index contributed by atoms with van der Waals surface area (Å²) in [6.07, 6.45) is 2.39. The maximum atomic E-state index is 11.3. The molecule has 1 aromatic rings. The first-order valence-electron chi connectivity index (χ1n) is 4.23. The Labute approximate surface area is 77.2 Å². The number of anilines is 1. The van der Waals surface area contributed by atoms with Crippen molar-refractivity contribution in [2.45, 2.75) is 13.3 Å². The molecule has 0 saturated heterocycles. The summed E-state index contributed by atoms with van der Waals surface area (Å²) in [5.74, 6) is -0.151. The minimum absolute atomic E-state index is 0.151. The van der Waals surface area contributed by atoms with Crippen LogP contribution in [0.3, 0.4) is 0 Å². The van der Waals surface area contributed by atoms with Crippen LogP contribution in [0.4, 0.5) is 5.69 Å². The van der Waals surface area contributed by atoms with E-state index in [9.17, 15) is 4.79 Å². The van der Waals surface area contributed by atoms with Crippen LogP contribution in [0.2, 0.25) is 0 Å². The SMILES string of the molecule is CCCNC(=O)c1ccc(N)cn1. The molecule has 1 aromatic heterocycles. The zero-order valence-corrected chi connectivity index (χ0v) is 7.58. The van der Waals surface area contributed by atoms with Crippen LogP contribution in [-0.2, 0) is 0 Å². The van der Waals surface area contributed by atoms with Crippen molar-refractivity contribution in [3.05, 3.63) is 24.0 Å². The van der Waals surface area contributed by atoms with Crippen molar-refractivity contribution in [1.29, 1.82) is 0 Å². The number of hydrogen-bond acceptors (Lipinski definition) is 3. The second kappa shape index (κ2) is 4.45. The molecule has 0 bridgehead atoms. The van der Waals surface area contributed by atoms with E-state index in [1.807, 2.05) is 6.92 Å². The van der Waals surface area contributed by atoms with Gasteiger partial charge in [0.25, 0.3) is 5.91 Å². The molecule has 0 unspecified atom stereocenters. The molecule has 0 spiro atoms. The summed E-state index contributed by atoms with van der Waals surface area (Å²) in [4.78, 5) is 15.2. The molecule has 3 N–H and O–H groups in total. The Morgan fingerprint density at radius 1 is 1.62 bits per heavy atom. The molecule has 0 aliphatic carbocycles.